The van der Waals surface area contributed by atoms with Crippen LogP contribution < -0.4 is 5.32 Å². The van der Waals surface area contributed by atoms with Crippen molar-refractivity contribution in [1.82, 2.24) is 10.3 Å². The minimum atomic E-state index is 0.657. The number of pyridine rings is 1. The highest BCUT2D eigenvalue weighted by Crippen LogP contribution is 2.10. The van der Waals surface area contributed by atoms with Gasteiger partial charge in [0.05, 0.1) is 6.61 Å². The first-order valence-electron chi connectivity index (χ1n) is 6.47. The van der Waals surface area contributed by atoms with Crippen LogP contribution in [-0.4, -0.2) is 12.1 Å². The van der Waals surface area contributed by atoms with Crippen molar-refractivity contribution in [2.24, 2.45) is 0 Å². The topological polar surface area (TPSA) is 34.1 Å². The molecule has 0 atom stereocenters. The van der Waals surface area contributed by atoms with Crippen molar-refractivity contribution in [1.29, 1.82) is 0 Å². The van der Waals surface area contributed by atoms with Gasteiger partial charge in [-0.3, -0.25) is 4.98 Å². The summed E-state index contributed by atoms with van der Waals surface area (Å²) in [6.07, 6.45) is 1.92. The van der Waals surface area contributed by atoms with E-state index in [4.69, 9.17) is 4.74 Å². The molecule has 0 aliphatic heterocycles. The molecule has 19 heavy (non-hydrogen) atoms. The summed E-state index contributed by atoms with van der Waals surface area (Å²) in [6, 6.07) is 12.5. The zero-order valence-corrected chi connectivity index (χ0v) is 11.5. The molecule has 0 amide bonds. The second-order valence-electron chi connectivity index (χ2n) is 4.61. The Morgan fingerprint density at radius 2 is 1.84 bits per heavy atom. The van der Waals surface area contributed by atoms with Crippen LogP contribution in [-0.2, 0) is 24.4 Å². The van der Waals surface area contributed by atoms with Gasteiger partial charge in [0, 0.05) is 32.1 Å². The van der Waals surface area contributed by atoms with E-state index in [0.29, 0.717) is 6.61 Å². The third kappa shape index (κ3) is 4.16. The summed E-state index contributed by atoms with van der Waals surface area (Å²) in [5.74, 6) is 0. The van der Waals surface area contributed by atoms with Gasteiger partial charge in [-0.05, 0) is 29.7 Å². The minimum Gasteiger partial charge on any atom is -0.380 e. The quantitative estimate of drug-likeness (QED) is 0.863. The highest BCUT2D eigenvalue weighted by Gasteiger charge is 2.01. The summed E-state index contributed by atoms with van der Waals surface area (Å²) in [7, 11) is 1.72. The number of hydrogen-bond donors (Lipinski definition) is 1. The van der Waals surface area contributed by atoms with Gasteiger partial charge in [-0.1, -0.05) is 30.3 Å². The van der Waals surface area contributed by atoms with Crippen molar-refractivity contribution in [3.63, 3.8) is 0 Å². The number of nitrogens with zero attached hydrogens (tertiary/aromatic N) is 1. The van der Waals surface area contributed by atoms with Crippen molar-refractivity contribution in [3.8, 4) is 0 Å². The third-order valence-electron chi connectivity index (χ3n) is 3.04. The fraction of sp³-hybridized carbons (Fsp3) is 0.312. The van der Waals surface area contributed by atoms with Crippen molar-refractivity contribution >= 4 is 0 Å². The molecule has 1 N–H and O–H groups in total. The number of hydrogen-bond acceptors (Lipinski definition) is 3. The maximum atomic E-state index is 5.21. The molecule has 0 fully saturated rings. The Bertz CT molecular complexity index is 508. The second-order valence-corrected chi connectivity index (χ2v) is 4.61. The molecule has 1 heterocycles. The van der Waals surface area contributed by atoms with E-state index in [0.717, 1.165) is 18.8 Å². The standard InChI is InChI=1S/C16H20N2O/c1-13-7-8-14(10-18-13)9-17-11-15-5-3-4-6-16(15)12-19-2/h3-8,10,17H,9,11-12H2,1-2H3. The lowest BCUT2D eigenvalue weighted by Crippen LogP contribution is -2.14. The van der Waals surface area contributed by atoms with Crippen LogP contribution in [0.25, 0.3) is 0 Å². The first kappa shape index (κ1) is 13.7. The molecule has 0 saturated heterocycles. The van der Waals surface area contributed by atoms with Gasteiger partial charge in [0.25, 0.3) is 0 Å². The molecule has 0 aliphatic rings. The molecular formula is C16H20N2O. The Balaban J connectivity index is 1.90. The Morgan fingerprint density at radius 3 is 2.53 bits per heavy atom. The van der Waals surface area contributed by atoms with Gasteiger partial charge in [-0.15, -0.1) is 0 Å². The molecule has 0 radical (unpaired) electrons. The van der Waals surface area contributed by atoms with Gasteiger partial charge in [-0.25, -0.2) is 0 Å². The molecule has 3 heteroatoms. The van der Waals surface area contributed by atoms with Gasteiger partial charge in [0.2, 0.25) is 0 Å². The minimum absolute atomic E-state index is 0.657. The van der Waals surface area contributed by atoms with Crippen LogP contribution >= 0.6 is 0 Å². The lowest BCUT2D eigenvalue weighted by Gasteiger charge is -2.10. The van der Waals surface area contributed by atoms with Gasteiger partial charge >= 0.3 is 0 Å². The first-order chi connectivity index (χ1) is 9.29. The van der Waals surface area contributed by atoms with E-state index in [1.807, 2.05) is 25.3 Å². The molecule has 0 aliphatic carbocycles. The fourth-order valence-corrected chi connectivity index (χ4v) is 1.97. The molecule has 0 saturated carbocycles. The maximum Gasteiger partial charge on any atom is 0.0716 e. The van der Waals surface area contributed by atoms with E-state index in [-0.39, 0.29) is 0 Å². The van der Waals surface area contributed by atoms with Crippen LogP contribution in [0.4, 0.5) is 0 Å². The fourth-order valence-electron chi connectivity index (χ4n) is 1.97. The number of ether oxygens (including phenoxy) is 1. The van der Waals surface area contributed by atoms with E-state index in [1.165, 1.54) is 16.7 Å². The molecular weight excluding hydrogens is 236 g/mol. The van der Waals surface area contributed by atoms with Crippen LogP contribution in [0.2, 0.25) is 0 Å². The molecule has 1 aromatic carbocycles. The zero-order chi connectivity index (χ0) is 13.5. The summed E-state index contributed by atoms with van der Waals surface area (Å²) in [5.41, 5.74) is 4.77. The molecule has 2 rings (SSSR count). The number of methoxy groups -OCH3 is 1. The van der Waals surface area contributed by atoms with Crippen LogP contribution in [0, 0.1) is 6.92 Å². The Labute approximate surface area is 114 Å². The number of nitrogens with one attached hydrogen (secondary N) is 1. The van der Waals surface area contributed by atoms with Gasteiger partial charge in [0.15, 0.2) is 0 Å². The van der Waals surface area contributed by atoms with E-state index in [2.05, 4.69) is 34.6 Å². The lowest BCUT2D eigenvalue weighted by atomic mass is 10.1. The summed E-state index contributed by atoms with van der Waals surface area (Å²) >= 11 is 0. The molecule has 0 bridgehead atoms. The zero-order valence-electron chi connectivity index (χ0n) is 11.5. The predicted octanol–water partition coefficient (Wildman–Crippen LogP) is 2.83. The van der Waals surface area contributed by atoms with Crippen LogP contribution in [0.15, 0.2) is 42.6 Å². The maximum absolute atomic E-state index is 5.21. The predicted molar refractivity (Wildman–Crippen MR) is 76.7 cm³/mol. The average Bonchev–Trinajstić information content (AvgIpc) is 2.43. The average molecular weight is 256 g/mol. The molecule has 3 nitrogen and oxygen atoms in total. The number of rotatable bonds is 6. The summed E-state index contributed by atoms with van der Waals surface area (Å²) in [5, 5.41) is 3.44. The van der Waals surface area contributed by atoms with Crippen molar-refractivity contribution in [3.05, 3.63) is 65.0 Å². The van der Waals surface area contributed by atoms with Gasteiger partial charge in [-0.2, -0.15) is 0 Å². The molecule has 0 unspecified atom stereocenters. The Hall–Kier alpha value is -1.71. The molecule has 1 aromatic heterocycles. The number of aryl methyl sites for hydroxylation is 1. The second kappa shape index (κ2) is 7.02. The first-order valence-corrected chi connectivity index (χ1v) is 6.47. The van der Waals surface area contributed by atoms with Crippen LogP contribution in [0.5, 0.6) is 0 Å². The number of aromatic nitrogens is 1. The molecule has 0 spiro atoms. The van der Waals surface area contributed by atoms with Crippen LogP contribution in [0.3, 0.4) is 0 Å². The Morgan fingerprint density at radius 1 is 1.05 bits per heavy atom. The van der Waals surface area contributed by atoms with E-state index in [1.54, 1.807) is 7.11 Å². The Kier molecular flexibility index (Phi) is 5.07. The summed E-state index contributed by atoms with van der Waals surface area (Å²) < 4.78 is 5.21. The number of benzene rings is 1. The largest absolute Gasteiger partial charge is 0.380 e. The molecule has 2 aromatic rings. The lowest BCUT2D eigenvalue weighted by molar-refractivity contribution is 0.184. The highest BCUT2D eigenvalue weighted by molar-refractivity contribution is 5.26. The SMILES string of the molecule is COCc1ccccc1CNCc1ccc(C)nc1. The van der Waals surface area contributed by atoms with Gasteiger partial charge < -0.3 is 10.1 Å². The normalized spacial score (nSPS) is 10.6. The van der Waals surface area contributed by atoms with E-state index >= 15 is 0 Å². The monoisotopic (exact) mass is 256 g/mol. The molecule has 100 valence electrons. The van der Waals surface area contributed by atoms with Crippen molar-refractivity contribution in [2.75, 3.05) is 7.11 Å². The summed E-state index contributed by atoms with van der Waals surface area (Å²) in [4.78, 5) is 4.29. The highest BCUT2D eigenvalue weighted by atomic mass is 16.5. The van der Waals surface area contributed by atoms with Crippen LogP contribution in [0.1, 0.15) is 22.4 Å². The summed E-state index contributed by atoms with van der Waals surface area (Å²) in [6.45, 7) is 4.32. The third-order valence-corrected chi connectivity index (χ3v) is 3.04. The van der Waals surface area contributed by atoms with Crippen molar-refractivity contribution < 1.29 is 4.74 Å². The van der Waals surface area contributed by atoms with Gasteiger partial charge in [0.1, 0.15) is 0 Å². The smallest absolute Gasteiger partial charge is 0.0716 e. The van der Waals surface area contributed by atoms with E-state index in [9.17, 15) is 0 Å². The van der Waals surface area contributed by atoms with E-state index < -0.39 is 0 Å². The van der Waals surface area contributed by atoms with Crippen molar-refractivity contribution in [2.45, 2.75) is 26.6 Å².